The summed E-state index contributed by atoms with van der Waals surface area (Å²) in [6, 6.07) is 7.31. The van der Waals surface area contributed by atoms with Crippen LogP contribution in [0, 0.1) is 13.8 Å². The van der Waals surface area contributed by atoms with E-state index in [2.05, 4.69) is 20.1 Å². The Morgan fingerprint density at radius 1 is 1.10 bits per heavy atom. The molecule has 1 aliphatic heterocycles. The van der Waals surface area contributed by atoms with E-state index in [0.29, 0.717) is 16.4 Å². The fraction of sp³-hybridized carbons (Fsp3) is 0.350. The Bertz CT molecular complexity index is 1090. The highest BCUT2D eigenvalue weighted by molar-refractivity contribution is 6.33. The fourth-order valence-corrected chi connectivity index (χ4v) is 3.83. The smallest absolute Gasteiger partial charge is 0.292 e. The highest BCUT2D eigenvalue weighted by Crippen LogP contribution is 2.24. The number of piperazine rings is 1. The highest BCUT2D eigenvalue weighted by atomic mass is 35.5. The predicted molar refractivity (Wildman–Crippen MR) is 113 cm³/mol. The van der Waals surface area contributed by atoms with Crippen LogP contribution in [0.15, 0.2) is 39.8 Å². The Kier molecular flexibility index (Phi) is 5.63. The lowest BCUT2D eigenvalue weighted by Gasteiger charge is -2.35. The third-order valence-corrected chi connectivity index (χ3v) is 5.84. The molecule has 1 fully saturated rings. The lowest BCUT2D eigenvalue weighted by Crippen LogP contribution is -2.46. The number of anilines is 1. The third kappa shape index (κ3) is 4.17. The maximum absolute atomic E-state index is 12.8. The summed E-state index contributed by atoms with van der Waals surface area (Å²) < 4.78 is 6.41. The number of benzene rings is 1. The van der Waals surface area contributed by atoms with E-state index in [-0.39, 0.29) is 10.6 Å². The van der Waals surface area contributed by atoms with E-state index in [1.807, 2.05) is 26.0 Å². The highest BCUT2D eigenvalue weighted by Gasteiger charge is 2.22. The molecular formula is C20H21Cl2N5O2. The molecule has 0 aliphatic carbocycles. The second kappa shape index (κ2) is 8.18. The zero-order valence-electron chi connectivity index (χ0n) is 16.2. The predicted octanol–water partition coefficient (Wildman–Crippen LogP) is 3.47. The van der Waals surface area contributed by atoms with Crippen molar-refractivity contribution in [2.45, 2.75) is 20.4 Å². The normalized spacial score (nSPS) is 15.1. The van der Waals surface area contributed by atoms with Crippen LogP contribution in [-0.4, -0.2) is 46.0 Å². The van der Waals surface area contributed by atoms with Crippen molar-refractivity contribution in [1.29, 1.82) is 0 Å². The third-order valence-electron chi connectivity index (χ3n) is 5.08. The molecule has 3 heterocycles. The van der Waals surface area contributed by atoms with Crippen molar-refractivity contribution in [3.63, 3.8) is 0 Å². The standard InChI is InChI=1S/C20H21Cl2N5O2/c1-13-3-4-16(10-17(13)21)27-20(28)19(22)18(11-23-27)26-7-5-25(6-8-26)12-15-9-14(2)29-24-15/h3-4,9-11H,5-8,12H2,1-2H3. The van der Waals surface area contributed by atoms with Gasteiger partial charge in [0.05, 0.1) is 23.3 Å². The summed E-state index contributed by atoms with van der Waals surface area (Å²) in [5.74, 6) is 0.812. The van der Waals surface area contributed by atoms with Gasteiger partial charge in [-0.25, -0.2) is 0 Å². The van der Waals surface area contributed by atoms with Crippen molar-refractivity contribution < 1.29 is 4.52 Å². The van der Waals surface area contributed by atoms with E-state index in [1.54, 1.807) is 18.3 Å². The van der Waals surface area contributed by atoms with Gasteiger partial charge in [0.25, 0.3) is 5.56 Å². The largest absolute Gasteiger partial charge is 0.366 e. The molecule has 4 rings (SSSR count). The van der Waals surface area contributed by atoms with Gasteiger partial charge < -0.3 is 9.42 Å². The van der Waals surface area contributed by atoms with Gasteiger partial charge >= 0.3 is 0 Å². The molecule has 152 valence electrons. The van der Waals surface area contributed by atoms with E-state index >= 15 is 0 Å². The van der Waals surface area contributed by atoms with Gasteiger partial charge in [0.2, 0.25) is 0 Å². The average Bonchev–Trinajstić information content (AvgIpc) is 3.12. The Morgan fingerprint density at radius 3 is 2.52 bits per heavy atom. The number of hydrogen-bond donors (Lipinski definition) is 0. The van der Waals surface area contributed by atoms with Gasteiger partial charge in [-0.3, -0.25) is 9.69 Å². The summed E-state index contributed by atoms with van der Waals surface area (Å²) in [5.41, 5.74) is 2.75. The number of nitrogens with zero attached hydrogens (tertiary/aromatic N) is 5. The Balaban J connectivity index is 1.49. The molecule has 9 heteroatoms. The van der Waals surface area contributed by atoms with Crippen molar-refractivity contribution in [3.05, 3.63) is 67.9 Å². The summed E-state index contributed by atoms with van der Waals surface area (Å²) >= 11 is 12.6. The maximum atomic E-state index is 12.8. The molecule has 0 N–H and O–H groups in total. The molecule has 1 aromatic carbocycles. The van der Waals surface area contributed by atoms with Crippen LogP contribution in [0.2, 0.25) is 10.0 Å². The number of rotatable bonds is 4. The first-order valence-electron chi connectivity index (χ1n) is 9.36. The molecular weight excluding hydrogens is 413 g/mol. The first-order chi connectivity index (χ1) is 13.9. The minimum absolute atomic E-state index is 0.164. The molecule has 0 atom stereocenters. The Labute approximate surface area is 178 Å². The quantitative estimate of drug-likeness (QED) is 0.627. The van der Waals surface area contributed by atoms with Crippen LogP contribution >= 0.6 is 23.2 Å². The van der Waals surface area contributed by atoms with Crippen molar-refractivity contribution in [2.24, 2.45) is 0 Å². The van der Waals surface area contributed by atoms with Gasteiger partial charge in [0.1, 0.15) is 10.8 Å². The van der Waals surface area contributed by atoms with Gasteiger partial charge in [0, 0.05) is 43.8 Å². The van der Waals surface area contributed by atoms with Crippen molar-refractivity contribution in [3.8, 4) is 5.69 Å². The number of hydrogen-bond acceptors (Lipinski definition) is 6. The Morgan fingerprint density at radius 2 is 1.86 bits per heavy atom. The van der Waals surface area contributed by atoms with Gasteiger partial charge in [-0.15, -0.1) is 0 Å². The lowest BCUT2D eigenvalue weighted by atomic mass is 10.2. The molecule has 1 saturated heterocycles. The van der Waals surface area contributed by atoms with Crippen LogP contribution in [0.4, 0.5) is 5.69 Å². The molecule has 0 unspecified atom stereocenters. The monoisotopic (exact) mass is 433 g/mol. The number of aryl methyl sites for hydroxylation is 2. The summed E-state index contributed by atoms with van der Waals surface area (Å²) in [4.78, 5) is 17.2. The SMILES string of the molecule is Cc1cc(CN2CCN(c3cnn(-c4ccc(C)c(Cl)c4)c(=O)c3Cl)CC2)no1. The first-order valence-corrected chi connectivity index (χ1v) is 10.1. The molecule has 0 bridgehead atoms. The molecule has 0 saturated carbocycles. The second-order valence-electron chi connectivity index (χ2n) is 7.19. The van der Waals surface area contributed by atoms with Crippen LogP contribution < -0.4 is 10.5 Å². The first kappa shape index (κ1) is 19.9. The average molecular weight is 434 g/mol. The van der Waals surface area contributed by atoms with E-state index in [9.17, 15) is 4.79 Å². The number of aromatic nitrogens is 3. The van der Waals surface area contributed by atoms with Crippen LogP contribution in [0.5, 0.6) is 0 Å². The fourth-order valence-electron chi connectivity index (χ4n) is 3.41. The van der Waals surface area contributed by atoms with Crippen LogP contribution in [0.25, 0.3) is 5.69 Å². The lowest BCUT2D eigenvalue weighted by molar-refractivity contribution is 0.241. The number of halogens is 2. The van der Waals surface area contributed by atoms with Gasteiger partial charge in [-0.05, 0) is 31.5 Å². The summed E-state index contributed by atoms with van der Waals surface area (Å²) in [6.07, 6.45) is 1.65. The molecule has 0 spiro atoms. The zero-order chi connectivity index (χ0) is 20.5. The van der Waals surface area contributed by atoms with Gasteiger partial charge in [-0.2, -0.15) is 9.78 Å². The minimum atomic E-state index is -0.357. The van der Waals surface area contributed by atoms with Gasteiger partial charge in [-0.1, -0.05) is 34.4 Å². The van der Waals surface area contributed by atoms with Crippen molar-refractivity contribution in [1.82, 2.24) is 19.8 Å². The summed E-state index contributed by atoms with van der Waals surface area (Å²) in [6.45, 7) is 7.69. The van der Waals surface area contributed by atoms with Crippen LogP contribution in [0.3, 0.4) is 0 Å². The van der Waals surface area contributed by atoms with Gasteiger partial charge in [0.15, 0.2) is 0 Å². The molecule has 7 nitrogen and oxygen atoms in total. The molecule has 1 aliphatic rings. The summed E-state index contributed by atoms with van der Waals surface area (Å²) in [5, 5.41) is 9.12. The van der Waals surface area contributed by atoms with E-state index in [1.165, 1.54) is 4.68 Å². The molecule has 29 heavy (non-hydrogen) atoms. The second-order valence-corrected chi connectivity index (χ2v) is 7.97. The minimum Gasteiger partial charge on any atom is -0.366 e. The molecule has 3 aromatic rings. The zero-order valence-corrected chi connectivity index (χ0v) is 17.7. The van der Waals surface area contributed by atoms with Crippen molar-refractivity contribution in [2.75, 3.05) is 31.1 Å². The molecule has 0 radical (unpaired) electrons. The Hall–Kier alpha value is -2.35. The van der Waals surface area contributed by atoms with Crippen molar-refractivity contribution >= 4 is 28.9 Å². The topological polar surface area (TPSA) is 67.4 Å². The van der Waals surface area contributed by atoms with Crippen LogP contribution in [-0.2, 0) is 6.54 Å². The van der Waals surface area contributed by atoms with Crippen LogP contribution in [0.1, 0.15) is 17.0 Å². The molecule has 0 amide bonds. The summed E-state index contributed by atoms with van der Waals surface area (Å²) in [7, 11) is 0. The van der Waals surface area contributed by atoms with E-state index < -0.39 is 0 Å². The van der Waals surface area contributed by atoms with E-state index in [0.717, 1.165) is 49.7 Å². The molecule has 2 aromatic heterocycles. The maximum Gasteiger partial charge on any atom is 0.292 e. The van der Waals surface area contributed by atoms with E-state index in [4.69, 9.17) is 27.7 Å².